The molecule has 0 spiro atoms. The molecule has 0 N–H and O–H groups in total. The molecule has 0 atom stereocenters. The Bertz CT molecular complexity index is 2800. The topological polar surface area (TPSA) is 56.7 Å². The van der Waals surface area contributed by atoms with E-state index in [4.69, 9.17) is 19.4 Å². The van der Waals surface area contributed by atoms with Crippen molar-refractivity contribution in [3.8, 4) is 51.0 Å². The van der Waals surface area contributed by atoms with E-state index in [1.54, 1.807) is 0 Å². The summed E-state index contributed by atoms with van der Waals surface area (Å²) in [7, 11) is 0. The van der Waals surface area contributed by atoms with Crippen molar-refractivity contribution in [1.82, 2.24) is 19.5 Å². The summed E-state index contributed by atoms with van der Waals surface area (Å²) in [4.78, 5) is 15.0. The summed E-state index contributed by atoms with van der Waals surface area (Å²) in [5.74, 6) is 1.87. The van der Waals surface area contributed by atoms with Gasteiger partial charge in [0, 0.05) is 49.1 Å². The van der Waals surface area contributed by atoms with Crippen LogP contribution in [0, 0.1) is 0 Å². The number of hydrogen-bond acceptors (Lipinski definition) is 4. The second-order valence-corrected chi connectivity index (χ2v) is 12.7. The largest absolute Gasteiger partial charge is 0.456 e. The van der Waals surface area contributed by atoms with Gasteiger partial charge in [-0.25, -0.2) is 15.0 Å². The first-order chi connectivity index (χ1) is 24.8. The number of aromatic nitrogens is 4. The number of furan rings is 1. The first-order valence-electron chi connectivity index (χ1n) is 17.0. The van der Waals surface area contributed by atoms with E-state index in [9.17, 15) is 0 Å². The molecular formula is C45H30N4O. The lowest BCUT2D eigenvalue weighted by atomic mass is 9.97. The number of para-hydroxylation sites is 1. The highest BCUT2D eigenvalue weighted by Gasteiger charge is 2.20. The molecule has 0 aliphatic heterocycles. The van der Waals surface area contributed by atoms with Crippen molar-refractivity contribution >= 4 is 45.0 Å². The van der Waals surface area contributed by atoms with Gasteiger partial charge in [-0.1, -0.05) is 121 Å². The van der Waals surface area contributed by atoms with E-state index >= 15 is 0 Å². The smallest absolute Gasteiger partial charge is 0.164 e. The Morgan fingerprint density at radius 2 is 1.12 bits per heavy atom. The van der Waals surface area contributed by atoms with Gasteiger partial charge in [0.1, 0.15) is 11.2 Å². The minimum atomic E-state index is 0.609. The molecule has 0 radical (unpaired) electrons. The molecule has 50 heavy (non-hydrogen) atoms. The van der Waals surface area contributed by atoms with Crippen molar-refractivity contribution in [3.63, 3.8) is 0 Å². The van der Waals surface area contributed by atoms with E-state index in [0.29, 0.717) is 17.5 Å². The van der Waals surface area contributed by atoms with Crippen LogP contribution in [0.4, 0.5) is 0 Å². The highest BCUT2D eigenvalue weighted by Crippen LogP contribution is 2.39. The summed E-state index contributed by atoms with van der Waals surface area (Å²) in [6.45, 7) is 0. The minimum absolute atomic E-state index is 0.609. The molecule has 0 unspecified atom stereocenters. The molecule has 3 aromatic heterocycles. The van der Waals surface area contributed by atoms with Crippen LogP contribution >= 0.6 is 0 Å². The normalized spacial score (nSPS) is 12.6. The SMILES string of the molecule is C1=c2c(n(-c3ccccc3)c3cccc(-c4ccc5oc6cccc(-c7nc(-c8ccccc8)nc(-c8ccccc8)n7)c6c5c4)c23)=CCC1. The fourth-order valence-corrected chi connectivity index (χ4v) is 7.45. The lowest BCUT2D eigenvalue weighted by Gasteiger charge is -2.10. The molecule has 1 aliphatic carbocycles. The van der Waals surface area contributed by atoms with E-state index in [0.717, 1.165) is 57.0 Å². The molecule has 0 saturated carbocycles. The average molecular weight is 643 g/mol. The Hall–Kier alpha value is -6.59. The summed E-state index contributed by atoms with van der Waals surface area (Å²) in [6, 6.07) is 50.2. The molecule has 5 heteroatoms. The van der Waals surface area contributed by atoms with Gasteiger partial charge in [0.05, 0.1) is 5.52 Å². The van der Waals surface area contributed by atoms with Crippen molar-refractivity contribution < 1.29 is 4.42 Å². The number of nitrogens with zero attached hydrogens (tertiary/aromatic N) is 4. The van der Waals surface area contributed by atoms with E-state index < -0.39 is 0 Å². The van der Waals surface area contributed by atoms with Gasteiger partial charge in [-0.3, -0.25) is 0 Å². The molecule has 6 aromatic carbocycles. The predicted octanol–water partition coefficient (Wildman–Crippen LogP) is 9.74. The maximum atomic E-state index is 6.49. The van der Waals surface area contributed by atoms with Crippen LogP contribution in [0.15, 0.2) is 150 Å². The molecule has 236 valence electrons. The lowest BCUT2D eigenvalue weighted by molar-refractivity contribution is 0.669. The van der Waals surface area contributed by atoms with Gasteiger partial charge in [-0.05, 0) is 60.4 Å². The Kier molecular flexibility index (Phi) is 6.56. The summed E-state index contributed by atoms with van der Waals surface area (Å²) in [6.07, 6.45) is 6.86. The molecule has 3 heterocycles. The third-order valence-corrected chi connectivity index (χ3v) is 9.68. The zero-order chi connectivity index (χ0) is 33.0. The molecule has 9 aromatic rings. The second-order valence-electron chi connectivity index (χ2n) is 12.7. The Morgan fingerprint density at radius 3 is 1.86 bits per heavy atom. The van der Waals surface area contributed by atoms with Crippen molar-refractivity contribution in [2.75, 3.05) is 0 Å². The van der Waals surface area contributed by atoms with Crippen molar-refractivity contribution in [2.24, 2.45) is 0 Å². The molecule has 5 nitrogen and oxygen atoms in total. The molecule has 1 aliphatic rings. The van der Waals surface area contributed by atoms with Crippen LogP contribution in [0.2, 0.25) is 0 Å². The highest BCUT2D eigenvalue weighted by molar-refractivity contribution is 6.13. The Labute approximate surface area is 288 Å². The van der Waals surface area contributed by atoms with Gasteiger partial charge in [-0.15, -0.1) is 0 Å². The summed E-state index contributed by atoms with van der Waals surface area (Å²) < 4.78 is 8.89. The molecule has 0 amide bonds. The monoisotopic (exact) mass is 642 g/mol. The Balaban J connectivity index is 1.21. The minimum Gasteiger partial charge on any atom is -0.456 e. The highest BCUT2D eigenvalue weighted by atomic mass is 16.3. The quantitative estimate of drug-likeness (QED) is 0.188. The van der Waals surface area contributed by atoms with Crippen LogP contribution in [0.25, 0.3) is 96.0 Å². The van der Waals surface area contributed by atoms with Gasteiger partial charge in [0.25, 0.3) is 0 Å². The van der Waals surface area contributed by atoms with E-state index in [2.05, 4.69) is 89.5 Å². The molecule has 0 fully saturated rings. The van der Waals surface area contributed by atoms with Crippen molar-refractivity contribution in [2.45, 2.75) is 12.8 Å². The van der Waals surface area contributed by atoms with E-state index in [1.807, 2.05) is 72.8 Å². The van der Waals surface area contributed by atoms with E-state index in [1.165, 1.54) is 32.7 Å². The van der Waals surface area contributed by atoms with Gasteiger partial charge < -0.3 is 8.98 Å². The van der Waals surface area contributed by atoms with Crippen LogP contribution in [0.1, 0.15) is 12.8 Å². The average Bonchev–Trinajstić information content (AvgIpc) is 3.74. The Morgan fingerprint density at radius 1 is 0.480 bits per heavy atom. The zero-order valence-electron chi connectivity index (χ0n) is 27.1. The number of hydrogen-bond donors (Lipinski definition) is 0. The zero-order valence-corrected chi connectivity index (χ0v) is 27.1. The maximum Gasteiger partial charge on any atom is 0.164 e. The summed E-state index contributed by atoms with van der Waals surface area (Å²) in [5.41, 5.74) is 9.12. The summed E-state index contributed by atoms with van der Waals surface area (Å²) >= 11 is 0. The number of rotatable bonds is 5. The van der Waals surface area contributed by atoms with Crippen LogP contribution in [0.5, 0.6) is 0 Å². The number of benzene rings is 6. The van der Waals surface area contributed by atoms with Crippen LogP contribution < -0.4 is 10.6 Å². The third-order valence-electron chi connectivity index (χ3n) is 9.68. The lowest BCUT2D eigenvalue weighted by Crippen LogP contribution is -2.30. The van der Waals surface area contributed by atoms with Crippen LogP contribution in [-0.4, -0.2) is 19.5 Å². The molecule has 0 saturated heterocycles. The second kappa shape index (κ2) is 11.5. The van der Waals surface area contributed by atoms with Gasteiger partial charge >= 0.3 is 0 Å². The molecule has 0 bridgehead atoms. The predicted molar refractivity (Wildman–Crippen MR) is 203 cm³/mol. The fraction of sp³-hybridized carbons (Fsp3) is 0.0444. The first-order valence-corrected chi connectivity index (χ1v) is 17.0. The van der Waals surface area contributed by atoms with Gasteiger partial charge in [0.2, 0.25) is 0 Å². The van der Waals surface area contributed by atoms with Gasteiger partial charge in [-0.2, -0.15) is 0 Å². The molecular weight excluding hydrogens is 613 g/mol. The van der Waals surface area contributed by atoms with Crippen LogP contribution in [0.3, 0.4) is 0 Å². The fourth-order valence-electron chi connectivity index (χ4n) is 7.45. The van der Waals surface area contributed by atoms with Crippen molar-refractivity contribution in [3.05, 3.63) is 156 Å². The standard InChI is InChI=1S/C45H30N4O/c1-4-14-29(15-5-1)43-46-44(30-16-6-2-7-17-30)48-45(47-43)35-22-13-25-40-42(35)36-28-31(26-27-39(36)50-40)33-21-12-24-38-41(33)34-20-10-11-23-37(34)49(38)32-18-8-3-9-19-32/h1-9,12-28H,10-11H2. The first kappa shape index (κ1) is 28.4. The van der Waals surface area contributed by atoms with Gasteiger partial charge in [0.15, 0.2) is 17.5 Å². The third kappa shape index (κ3) is 4.59. The summed E-state index contributed by atoms with van der Waals surface area (Å²) in [5, 5.41) is 5.85. The van der Waals surface area contributed by atoms with Crippen LogP contribution in [-0.2, 0) is 0 Å². The van der Waals surface area contributed by atoms with E-state index in [-0.39, 0.29) is 0 Å². The maximum absolute atomic E-state index is 6.49. The van der Waals surface area contributed by atoms with Crippen molar-refractivity contribution in [1.29, 1.82) is 0 Å². The molecule has 10 rings (SSSR count). The number of fused-ring (bicyclic) bond motifs is 6.